The second-order valence-corrected chi connectivity index (χ2v) is 9.14. The summed E-state index contributed by atoms with van der Waals surface area (Å²) in [4.78, 5) is 26.8. The number of amides is 2. The molecule has 34 heavy (non-hydrogen) atoms. The molecule has 3 aromatic rings. The zero-order valence-electron chi connectivity index (χ0n) is 18.4. The number of methoxy groups -OCH3 is 1. The smallest absolute Gasteiger partial charge is 0.293 e. The summed E-state index contributed by atoms with van der Waals surface area (Å²) in [6, 6.07) is 22.7. The molecule has 174 valence electrons. The molecule has 1 saturated heterocycles. The number of benzene rings is 3. The van der Waals surface area contributed by atoms with E-state index in [9.17, 15) is 9.59 Å². The van der Waals surface area contributed by atoms with E-state index < -0.39 is 0 Å². The Labute approximate surface area is 210 Å². The van der Waals surface area contributed by atoms with Crippen LogP contribution in [-0.4, -0.2) is 36.3 Å². The van der Waals surface area contributed by atoms with Gasteiger partial charge in [-0.25, -0.2) is 0 Å². The summed E-state index contributed by atoms with van der Waals surface area (Å²) in [5.74, 6) is 1.52. The summed E-state index contributed by atoms with van der Waals surface area (Å²) in [5.41, 5.74) is 1.86. The topological polar surface area (TPSA) is 65.1 Å². The van der Waals surface area contributed by atoms with Gasteiger partial charge in [0.25, 0.3) is 11.1 Å². The molecule has 0 spiro atoms. The number of imide groups is 1. The lowest BCUT2D eigenvalue weighted by Crippen LogP contribution is -2.32. The lowest BCUT2D eigenvalue weighted by atomic mass is 10.2. The molecule has 0 aliphatic carbocycles. The third-order valence-electron chi connectivity index (χ3n) is 5.01. The molecule has 0 saturated carbocycles. The summed E-state index contributed by atoms with van der Waals surface area (Å²) in [6.07, 6.45) is 1.71. The van der Waals surface area contributed by atoms with Gasteiger partial charge in [-0.3, -0.25) is 14.5 Å². The normalized spacial score (nSPS) is 14.5. The average molecular weight is 540 g/mol. The third-order valence-corrected chi connectivity index (χ3v) is 6.53. The van der Waals surface area contributed by atoms with Crippen LogP contribution in [0.3, 0.4) is 0 Å². The Bertz CT molecular complexity index is 1210. The van der Waals surface area contributed by atoms with Crippen molar-refractivity contribution in [1.29, 1.82) is 0 Å². The van der Waals surface area contributed by atoms with E-state index in [0.717, 1.165) is 27.4 Å². The quantitative estimate of drug-likeness (QED) is 0.304. The van der Waals surface area contributed by atoms with Crippen molar-refractivity contribution < 1.29 is 23.8 Å². The highest BCUT2D eigenvalue weighted by Crippen LogP contribution is 2.34. The first-order valence-corrected chi connectivity index (χ1v) is 12.1. The fourth-order valence-corrected chi connectivity index (χ4v) is 4.66. The van der Waals surface area contributed by atoms with Crippen LogP contribution in [0.1, 0.15) is 11.1 Å². The lowest BCUT2D eigenvalue weighted by Gasteiger charge is -2.14. The molecule has 1 fully saturated rings. The zero-order valence-corrected chi connectivity index (χ0v) is 20.8. The van der Waals surface area contributed by atoms with Crippen LogP contribution in [0.4, 0.5) is 4.79 Å². The molecular formula is C26H22BrNO5S. The van der Waals surface area contributed by atoms with Gasteiger partial charge in [0.2, 0.25) is 0 Å². The molecule has 0 aromatic heterocycles. The first kappa shape index (κ1) is 23.9. The molecule has 4 rings (SSSR count). The molecule has 0 radical (unpaired) electrons. The van der Waals surface area contributed by atoms with Gasteiger partial charge in [0.05, 0.1) is 23.0 Å². The molecule has 1 aliphatic heterocycles. The van der Waals surface area contributed by atoms with Crippen molar-refractivity contribution in [3.8, 4) is 17.2 Å². The van der Waals surface area contributed by atoms with Crippen LogP contribution < -0.4 is 14.2 Å². The number of hydrogen-bond donors (Lipinski definition) is 0. The van der Waals surface area contributed by atoms with E-state index in [0.29, 0.717) is 28.8 Å². The summed E-state index contributed by atoms with van der Waals surface area (Å²) in [5, 5.41) is -0.318. The largest absolute Gasteiger partial charge is 0.493 e. The fourth-order valence-electron chi connectivity index (χ4n) is 3.29. The number of ether oxygens (including phenoxy) is 3. The molecule has 2 amide bonds. The van der Waals surface area contributed by atoms with E-state index in [1.807, 2.05) is 60.7 Å². The SMILES string of the molecule is COc1ccccc1OCCN1C(=O)S/C(=C\c2ccc(OCc3ccccc3)c(Br)c2)C1=O. The van der Waals surface area contributed by atoms with E-state index in [-0.39, 0.29) is 24.3 Å². The maximum Gasteiger partial charge on any atom is 0.293 e. The predicted molar refractivity (Wildman–Crippen MR) is 136 cm³/mol. The number of para-hydroxylation sites is 2. The van der Waals surface area contributed by atoms with Gasteiger partial charge in [0.15, 0.2) is 11.5 Å². The molecule has 6 nitrogen and oxygen atoms in total. The molecule has 0 unspecified atom stereocenters. The van der Waals surface area contributed by atoms with Crippen molar-refractivity contribution in [2.24, 2.45) is 0 Å². The monoisotopic (exact) mass is 539 g/mol. The van der Waals surface area contributed by atoms with Crippen LogP contribution >= 0.6 is 27.7 Å². The highest BCUT2D eigenvalue weighted by molar-refractivity contribution is 9.10. The summed E-state index contributed by atoms with van der Waals surface area (Å²) in [7, 11) is 1.56. The highest BCUT2D eigenvalue weighted by Gasteiger charge is 2.34. The molecular weight excluding hydrogens is 518 g/mol. The first-order chi connectivity index (χ1) is 16.5. The summed E-state index contributed by atoms with van der Waals surface area (Å²) < 4.78 is 17.6. The number of carbonyl (C=O) groups excluding carboxylic acids is 2. The number of nitrogens with zero attached hydrogens (tertiary/aromatic N) is 1. The van der Waals surface area contributed by atoms with E-state index in [4.69, 9.17) is 14.2 Å². The average Bonchev–Trinajstić information content (AvgIpc) is 3.11. The van der Waals surface area contributed by atoms with Crippen LogP contribution in [0.15, 0.2) is 82.2 Å². The van der Waals surface area contributed by atoms with Gasteiger partial charge in [-0.1, -0.05) is 48.5 Å². The van der Waals surface area contributed by atoms with Gasteiger partial charge >= 0.3 is 0 Å². The number of rotatable bonds is 9. The van der Waals surface area contributed by atoms with Crippen molar-refractivity contribution in [2.75, 3.05) is 20.3 Å². The maximum absolute atomic E-state index is 12.8. The van der Waals surface area contributed by atoms with Crippen LogP contribution in [0.25, 0.3) is 6.08 Å². The van der Waals surface area contributed by atoms with Gasteiger partial charge in [0.1, 0.15) is 19.0 Å². The molecule has 1 aliphatic rings. The standard InChI is InChI=1S/C26H22BrNO5S/c1-31-22-9-5-6-10-23(22)32-14-13-28-25(29)24(34-26(28)30)16-19-11-12-21(20(27)15-19)33-17-18-7-3-2-4-8-18/h2-12,15-16H,13-14,17H2,1H3/b24-16-. The van der Waals surface area contributed by atoms with Gasteiger partial charge in [0, 0.05) is 0 Å². The highest BCUT2D eigenvalue weighted by atomic mass is 79.9. The Kier molecular flexibility index (Phi) is 7.92. The molecule has 0 bridgehead atoms. The van der Waals surface area contributed by atoms with Crippen LogP contribution in [0, 0.1) is 0 Å². The minimum atomic E-state index is -0.334. The molecule has 8 heteroatoms. The molecule has 1 heterocycles. The predicted octanol–water partition coefficient (Wildman–Crippen LogP) is 6.15. The Hall–Kier alpha value is -3.23. The van der Waals surface area contributed by atoms with Crippen molar-refractivity contribution in [3.63, 3.8) is 0 Å². The van der Waals surface area contributed by atoms with E-state index in [2.05, 4.69) is 15.9 Å². The summed E-state index contributed by atoms with van der Waals surface area (Å²) >= 11 is 4.45. The van der Waals surface area contributed by atoms with Crippen molar-refractivity contribution >= 4 is 44.9 Å². The van der Waals surface area contributed by atoms with Crippen LogP contribution in [-0.2, 0) is 11.4 Å². The minimum Gasteiger partial charge on any atom is -0.493 e. The van der Waals surface area contributed by atoms with Crippen LogP contribution in [0.2, 0.25) is 0 Å². The van der Waals surface area contributed by atoms with Gasteiger partial charge in [-0.15, -0.1) is 0 Å². The Morgan fingerprint density at radius 1 is 0.912 bits per heavy atom. The van der Waals surface area contributed by atoms with E-state index in [1.165, 1.54) is 4.90 Å². The number of thioether (sulfide) groups is 1. The minimum absolute atomic E-state index is 0.149. The van der Waals surface area contributed by atoms with Crippen molar-refractivity contribution in [3.05, 3.63) is 93.3 Å². The Balaban J connectivity index is 1.37. The Morgan fingerprint density at radius 2 is 1.65 bits per heavy atom. The Morgan fingerprint density at radius 3 is 2.38 bits per heavy atom. The van der Waals surface area contributed by atoms with E-state index >= 15 is 0 Å². The molecule has 0 atom stereocenters. The van der Waals surface area contributed by atoms with Gasteiger partial charge in [-0.05, 0) is 69.2 Å². The second-order valence-electron chi connectivity index (χ2n) is 7.30. The number of carbonyl (C=O) groups is 2. The maximum atomic E-state index is 12.8. The van der Waals surface area contributed by atoms with Crippen molar-refractivity contribution in [1.82, 2.24) is 4.90 Å². The van der Waals surface area contributed by atoms with E-state index in [1.54, 1.807) is 25.3 Å². The first-order valence-electron chi connectivity index (χ1n) is 10.5. The fraction of sp³-hybridized carbons (Fsp3) is 0.154. The number of hydrogen-bond acceptors (Lipinski definition) is 6. The van der Waals surface area contributed by atoms with Gasteiger partial charge < -0.3 is 14.2 Å². The third kappa shape index (κ3) is 5.81. The summed E-state index contributed by atoms with van der Waals surface area (Å²) in [6.45, 7) is 0.773. The van der Waals surface area contributed by atoms with Gasteiger partial charge in [-0.2, -0.15) is 0 Å². The van der Waals surface area contributed by atoms with Crippen molar-refractivity contribution in [2.45, 2.75) is 6.61 Å². The zero-order chi connectivity index (χ0) is 23.9. The second kappa shape index (κ2) is 11.3. The number of halogens is 1. The lowest BCUT2D eigenvalue weighted by molar-refractivity contribution is -0.123. The molecule has 0 N–H and O–H groups in total. The molecule has 3 aromatic carbocycles. The van der Waals surface area contributed by atoms with Crippen LogP contribution in [0.5, 0.6) is 17.2 Å².